The molecule has 1 aliphatic heterocycles. The van der Waals surface area contributed by atoms with E-state index in [1.165, 1.54) is 6.07 Å². The molecule has 0 saturated carbocycles. The molecule has 1 atom stereocenters. The minimum Gasteiger partial charge on any atom is -0.348 e. The zero-order chi connectivity index (χ0) is 16.4. The largest absolute Gasteiger partial charge is 0.348 e. The number of non-ortho nitro benzene ring substituents is 1. The van der Waals surface area contributed by atoms with Crippen LogP contribution in [0.15, 0.2) is 24.3 Å². The Morgan fingerprint density at radius 1 is 1.39 bits per heavy atom. The number of aromatic nitrogens is 1. The first-order valence-electron chi connectivity index (χ1n) is 7.80. The highest BCUT2D eigenvalue weighted by Crippen LogP contribution is 2.25. The number of nitro benzene ring substituents is 1. The number of fused-ring (bicyclic) bond motifs is 1. The van der Waals surface area contributed by atoms with Crippen molar-refractivity contribution < 1.29 is 9.72 Å². The van der Waals surface area contributed by atoms with Gasteiger partial charge in [-0.3, -0.25) is 14.9 Å². The molecule has 1 amide bonds. The molecule has 1 unspecified atom stereocenters. The van der Waals surface area contributed by atoms with Gasteiger partial charge in [-0.25, -0.2) is 0 Å². The van der Waals surface area contributed by atoms with Gasteiger partial charge in [0, 0.05) is 17.5 Å². The van der Waals surface area contributed by atoms with Gasteiger partial charge in [-0.05, 0) is 45.5 Å². The summed E-state index contributed by atoms with van der Waals surface area (Å²) in [7, 11) is 2.08. The average Bonchev–Trinajstić information content (AvgIpc) is 2.86. The lowest BCUT2D eigenvalue weighted by Crippen LogP contribution is -2.35. The fraction of sp³-hybridized carbons (Fsp3) is 0.438. The van der Waals surface area contributed by atoms with Gasteiger partial charge in [0.1, 0.15) is 11.2 Å². The van der Waals surface area contributed by atoms with Crippen molar-refractivity contribution in [3.63, 3.8) is 0 Å². The third-order valence-electron chi connectivity index (χ3n) is 4.36. The Labute approximate surface area is 133 Å². The van der Waals surface area contributed by atoms with Crippen molar-refractivity contribution in [2.75, 3.05) is 20.1 Å². The Morgan fingerprint density at radius 3 is 3.00 bits per heavy atom. The number of likely N-dealkylation sites (tertiary alicyclic amines) is 1. The Balaban J connectivity index is 1.78. The molecule has 1 saturated heterocycles. The van der Waals surface area contributed by atoms with Crippen LogP contribution in [0.4, 0.5) is 5.69 Å². The number of amides is 1. The van der Waals surface area contributed by atoms with E-state index in [1.807, 2.05) is 0 Å². The number of para-hydroxylation sites is 1. The maximum absolute atomic E-state index is 12.4. The van der Waals surface area contributed by atoms with Gasteiger partial charge in [-0.1, -0.05) is 12.1 Å². The van der Waals surface area contributed by atoms with E-state index in [2.05, 4.69) is 22.2 Å². The molecule has 3 rings (SSSR count). The van der Waals surface area contributed by atoms with E-state index in [9.17, 15) is 14.9 Å². The van der Waals surface area contributed by atoms with E-state index in [1.54, 1.807) is 18.2 Å². The summed E-state index contributed by atoms with van der Waals surface area (Å²) in [6.45, 7) is 2.01. The zero-order valence-electron chi connectivity index (χ0n) is 13.0. The van der Waals surface area contributed by atoms with Gasteiger partial charge in [-0.15, -0.1) is 0 Å². The van der Waals surface area contributed by atoms with Gasteiger partial charge in [-0.2, -0.15) is 0 Å². The van der Waals surface area contributed by atoms with Crippen LogP contribution < -0.4 is 5.32 Å². The molecule has 7 heteroatoms. The van der Waals surface area contributed by atoms with Gasteiger partial charge in [0.2, 0.25) is 0 Å². The van der Waals surface area contributed by atoms with Gasteiger partial charge < -0.3 is 15.2 Å². The third kappa shape index (κ3) is 3.34. The molecule has 1 fully saturated rings. The molecule has 1 aromatic heterocycles. The standard InChI is InChI=1S/C16H20N4O3/c1-19-8-3-5-12(7-9-19)17-16(21)13-10-11-4-2-6-14(20(22)23)15(11)18-13/h2,4,6,10,12,18H,3,5,7-9H2,1H3,(H,17,21). The summed E-state index contributed by atoms with van der Waals surface area (Å²) in [6.07, 6.45) is 2.93. The number of nitro groups is 1. The molecule has 1 aromatic carbocycles. The van der Waals surface area contributed by atoms with Gasteiger partial charge in [0.05, 0.1) is 4.92 Å². The molecule has 7 nitrogen and oxygen atoms in total. The smallest absolute Gasteiger partial charge is 0.293 e. The summed E-state index contributed by atoms with van der Waals surface area (Å²) in [4.78, 5) is 28.2. The first-order chi connectivity index (χ1) is 11.0. The minimum absolute atomic E-state index is 0.0161. The summed E-state index contributed by atoms with van der Waals surface area (Å²) in [5.74, 6) is -0.204. The van der Waals surface area contributed by atoms with Gasteiger partial charge in [0.15, 0.2) is 0 Å². The van der Waals surface area contributed by atoms with Gasteiger partial charge >= 0.3 is 0 Å². The first-order valence-corrected chi connectivity index (χ1v) is 7.80. The van der Waals surface area contributed by atoms with E-state index >= 15 is 0 Å². The van der Waals surface area contributed by atoms with Crippen LogP contribution in [0.3, 0.4) is 0 Å². The van der Waals surface area contributed by atoms with Crippen molar-refractivity contribution >= 4 is 22.5 Å². The second-order valence-corrected chi connectivity index (χ2v) is 6.09. The Hall–Kier alpha value is -2.41. The fourth-order valence-electron chi connectivity index (χ4n) is 3.06. The monoisotopic (exact) mass is 316 g/mol. The van der Waals surface area contributed by atoms with Crippen molar-refractivity contribution in [3.05, 3.63) is 40.1 Å². The summed E-state index contributed by atoms with van der Waals surface area (Å²) in [5.41, 5.74) is 0.743. The molecule has 2 heterocycles. The summed E-state index contributed by atoms with van der Waals surface area (Å²) in [5, 5.41) is 14.8. The summed E-state index contributed by atoms with van der Waals surface area (Å²) in [6, 6.07) is 6.63. The SMILES string of the molecule is CN1CCCC(NC(=O)c2cc3cccc([N+](=O)[O-])c3[nH]2)CC1. The summed E-state index contributed by atoms with van der Waals surface area (Å²) >= 11 is 0. The second-order valence-electron chi connectivity index (χ2n) is 6.09. The van der Waals surface area contributed by atoms with Crippen molar-refractivity contribution in [1.29, 1.82) is 0 Å². The average molecular weight is 316 g/mol. The maximum Gasteiger partial charge on any atom is 0.293 e. The van der Waals surface area contributed by atoms with Crippen LogP contribution in [-0.2, 0) is 0 Å². The lowest BCUT2D eigenvalue weighted by molar-refractivity contribution is -0.383. The topological polar surface area (TPSA) is 91.3 Å². The number of aromatic amines is 1. The summed E-state index contributed by atoms with van der Waals surface area (Å²) < 4.78 is 0. The fourth-order valence-corrected chi connectivity index (χ4v) is 3.06. The maximum atomic E-state index is 12.4. The van der Waals surface area contributed by atoms with Crippen LogP contribution in [0.1, 0.15) is 29.8 Å². The number of rotatable bonds is 3. The van der Waals surface area contributed by atoms with E-state index in [0.29, 0.717) is 16.6 Å². The zero-order valence-corrected chi connectivity index (χ0v) is 13.0. The Bertz CT molecular complexity index is 740. The van der Waals surface area contributed by atoms with Crippen LogP contribution in [0.2, 0.25) is 0 Å². The highest BCUT2D eigenvalue weighted by atomic mass is 16.6. The minimum atomic E-state index is -0.443. The number of carbonyl (C=O) groups excluding carboxylic acids is 1. The number of hydrogen-bond donors (Lipinski definition) is 2. The van der Waals surface area contributed by atoms with Crippen LogP contribution >= 0.6 is 0 Å². The molecule has 23 heavy (non-hydrogen) atoms. The Morgan fingerprint density at radius 2 is 2.22 bits per heavy atom. The quantitative estimate of drug-likeness (QED) is 0.671. The molecule has 0 spiro atoms. The van der Waals surface area contributed by atoms with Crippen molar-refractivity contribution in [2.24, 2.45) is 0 Å². The number of carbonyl (C=O) groups is 1. The van der Waals surface area contributed by atoms with Crippen molar-refractivity contribution in [2.45, 2.75) is 25.3 Å². The van der Waals surface area contributed by atoms with E-state index in [-0.39, 0.29) is 17.6 Å². The molecule has 0 bridgehead atoms. The lowest BCUT2D eigenvalue weighted by atomic mass is 10.1. The molecule has 0 aliphatic carbocycles. The first kappa shape index (κ1) is 15.5. The molecule has 1 aliphatic rings. The van der Waals surface area contributed by atoms with Crippen LogP contribution in [0.5, 0.6) is 0 Å². The van der Waals surface area contributed by atoms with Crippen molar-refractivity contribution in [1.82, 2.24) is 15.2 Å². The highest BCUT2D eigenvalue weighted by molar-refractivity contribution is 6.00. The second kappa shape index (κ2) is 6.37. The normalized spacial score (nSPS) is 19.4. The highest BCUT2D eigenvalue weighted by Gasteiger charge is 2.20. The number of nitrogens with zero attached hydrogens (tertiary/aromatic N) is 2. The predicted octanol–water partition coefficient (Wildman–Crippen LogP) is 2.29. The number of nitrogens with one attached hydrogen (secondary N) is 2. The van der Waals surface area contributed by atoms with Crippen molar-refractivity contribution in [3.8, 4) is 0 Å². The Kier molecular flexibility index (Phi) is 4.29. The predicted molar refractivity (Wildman–Crippen MR) is 87.6 cm³/mol. The van der Waals surface area contributed by atoms with Crippen LogP contribution in [0.25, 0.3) is 10.9 Å². The van der Waals surface area contributed by atoms with Crippen LogP contribution in [-0.4, -0.2) is 46.9 Å². The van der Waals surface area contributed by atoms with Gasteiger partial charge in [0.25, 0.3) is 11.6 Å². The lowest BCUT2D eigenvalue weighted by Gasteiger charge is -2.16. The number of benzene rings is 1. The van der Waals surface area contributed by atoms with E-state index in [0.717, 1.165) is 32.4 Å². The number of hydrogen-bond acceptors (Lipinski definition) is 4. The molecule has 122 valence electrons. The van der Waals surface area contributed by atoms with E-state index < -0.39 is 4.92 Å². The van der Waals surface area contributed by atoms with Crippen LogP contribution in [0, 0.1) is 10.1 Å². The number of H-pyrrole nitrogens is 1. The molecular formula is C16H20N4O3. The van der Waals surface area contributed by atoms with E-state index in [4.69, 9.17) is 0 Å². The molecular weight excluding hydrogens is 296 g/mol. The molecule has 2 N–H and O–H groups in total. The molecule has 0 radical (unpaired) electrons. The molecule has 2 aromatic rings. The third-order valence-corrected chi connectivity index (χ3v) is 4.36.